The second kappa shape index (κ2) is 5.48. The Hall–Kier alpha value is -1.59. The van der Waals surface area contributed by atoms with Crippen LogP contribution in [0.1, 0.15) is 33.6 Å². The molecule has 0 saturated carbocycles. The molecule has 0 aromatic rings. The van der Waals surface area contributed by atoms with E-state index in [1.165, 1.54) is 0 Å². The highest BCUT2D eigenvalue weighted by atomic mass is 16.4. The summed E-state index contributed by atoms with van der Waals surface area (Å²) in [6, 6.07) is -1.38. The molecule has 0 aliphatic carbocycles. The molecule has 0 bridgehead atoms. The van der Waals surface area contributed by atoms with E-state index in [0.717, 1.165) is 0 Å². The fourth-order valence-electron chi connectivity index (χ4n) is 0.889. The third-order valence-corrected chi connectivity index (χ3v) is 2.48. The van der Waals surface area contributed by atoms with Crippen LogP contribution in [-0.2, 0) is 14.4 Å². The van der Waals surface area contributed by atoms with E-state index >= 15 is 0 Å². The van der Waals surface area contributed by atoms with Gasteiger partial charge in [-0.25, -0.2) is 4.79 Å². The molecule has 0 unspecified atom stereocenters. The number of carboxylic acid groups (broad SMARTS) is 2. The molecule has 0 fully saturated rings. The van der Waals surface area contributed by atoms with Gasteiger partial charge in [0.15, 0.2) is 0 Å². The summed E-state index contributed by atoms with van der Waals surface area (Å²) in [6.07, 6.45) is -0.0842. The molecular weight excluding hydrogens is 214 g/mol. The van der Waals surface area contributed by atoms with Crippen LogP contribution in [0.4, 0.5) is 0 Å². The first kappa shape index (κ1) is 14.4. The monoisotopic (exact) mass is 231 g/mol. The molecule has 0 saturated heterocycles. The standard InChI is InChI=1S/C10H17NO5/c1-4-10(2,3)9(16)11-6(8(14)15)5-7(12)13/h6H,4-5H2,1-3H3,(H,11,16)(H,12,13)(H,14,15)/t6-/m1/s1. The van der Waals surface area contributed by atoms with Gasteiger partial charge in [0.1, 0.15) is 6.04 Å². The van der Waals surface area contributed by atoms with Crippen molar-refractivity contribution in [1.82, 2.24) is 5.32 Å². The van der Waals surface area contributed by atoms with Gasteiger partial charge in [-0.05, 0) is 6.42 Å². The van der Waals surface area contributed by atoms with E-state index < -0.39 is 35.7 Å². The minimum atomic E-state index is -1.38. The van der Waals surface area contributed by atoms with Crippen molar-refractivity contribution < 1.29 is 24.6 Å². The topological polar surface area (TPSA) is 104 Å². The second-order valence-electron chi connectivity index (χ2n) is 4.20. The molecule has 1 atom stereocenters. The Labute approximate surface area is 93.6 Å². The number of nitrogens with one attached hydrogen (secondary N) is 1. The number of amides is 1. The van der Waals surface area contributed by atoms with Crippen molar-refractivity contribution in [3.63, 3.8) is 0 Å². The molecule has 0 aliphatic heterocycles. The van der Waals surface area contributed by atoms with Crippen molar-refractivity contribution in [3.05, 3.63) is 0 Å². The Morgan fingerprint density at radius 3 is 2.06 bits per heavy atom. The maximum Gasteiger partial charge on any atom is 0.326 e. The van der Waals surface area contributed by atoms with Crippen molar-refractivity contribution in [1.29, 1.82) is 0 Å². The number of carbonyl (C=O) groups is 3. The van der Waals surface area contributed by atoms with Gasteiger partial charge in [-0.1, -0.05) is 20.8 Å². The highest BCUT2D eigenvalue weighted by Gasteiger charge is 2.30. The van der Waals surface area contributed by atoms with Gasteiger partial charge < -0.3 is 15.5 Å². The normalized spacial score (nSPS) is 12.9. The van der Waals surface area contributed by atoms with Crippen LogP contribution in [-0.4, -0.2) is 34.1 Å². The van der Waals surface area contributed by atoms with Gasteiger partial charge in [-0.3, -0.25) is 9.59 Å². The third kappa shape index (κ3) is 4.29. The molecule has 0 spiro atoms. The summed E-state index contributed by atoms with van der Waals surface area (Å²) in [6.45, 7) is 5.14. The lowest BCUT2D eigenvalue weighted by atomic mass is 9.89. The molecule has 0 aliphatic rings. The SMILES string of the molecule is CCC(C)(C)C(=O)N[C@H](CC(=O)O)C(=O)O. The fraction of sp³-hybridized carbons (Fsp3) is 0.700. The lowest BCUT2D eigenvalue weighted by Crippen LogP contribution is -2.47. The van der Waals surface area contributed by atoms with Crippen molar-refractivity contribution in [2.24, 2.45) is 5.41 Å². The predicted octanol–water partition coefficient (Wildman–Crippen LogP) is 0.467. The molecular formula is C10H17NO5. The molecule has 0 radical (unpaired) electrons. The molecule has 0 aromatic heterocycles. The Kier molecular flexibility index (Phi) is 4.94. The first-order chi connectivity index (χ1) is 7.20. The van der Waals surface area contributed by atoms with E-state index in [2.05, 4.69) is 5.32 Å². The molecule has 0 aromatic carbocycles. The molecule has 0 rings (SSSR count). The third-order valence-electron chi connectivity index (χ3n) is 2.48. The number of hydrogen-bond donors (Lipinski definition) is 3. The van der Waals surface area contributed by atoms with Gasteiger partial charge in [-0.2, -0.15) is 0 Å². The van der Waals surface area contributed by atoms with E-state index in [4.69, 9.17) is 10.2 Å². The Balaban J connectivity index is 4.58. The van der Waals surface area contributed by atoms with Crippen LogP contribution >= 0.6 is 0 Å². The van der Waals surface area contributed by atoms with Crippen molar-refractivity contribution >= 4 is 17.8 Å². The molecule has 6 nitrogen and oxygen atoms in total. The van der Waals surface area contributed by atoms with Gasteiger partial charge in [0, 0.05) is 5.41 Å². The average molecular weight is 231 g/mol. The van der Waals surface area contributed by atoms with Crippen molar-refractivity contribution in [2.75, 3.05) is 0 Å². The van der Waals surface area contributed by atoms with Crippen LogP contribution in [0.25, 0.3) is 0 Å². The number of rotatable bonds is 6. The summed E-state index contributed by atoms with van der Waals surface area (Å²) in [5.74, 6) is -3.06. The average Bonchev–Trinajstić information content (AvgIpc) is 2.15. The van der Waals surface area contributed by atoms with Crippen LogP contribution < -0.4 is 5.32 Å². The van der Waals surface area contributed by atoms with Gasteiger partial charge in [0.25, 0.3) is 0 Å². The zero-order chi connectivity index (χ0) is 12.9. The Morgan fingerprint density at radius 2 is 1.75 bits per heavy atom. The lowest BCUT2D eigenvalue weighted by molar-refractivity contribution is -0.148. The quantitative estimate of drug-likeness (QED) is 0.616. The largest absolute Gasteiger partial charge is 0.481 e. The van der Waals surface area contributed by atoms with E-state index in [1.54, 1.807) is 20.8 Å². The minimum Gasteiger partial charge on any atom is -0.481 e. The van der Waals surface area contributed by atoms with Crippen LogP contribution in [0.5, 0.6) is 0 Å². The van der Waals surface area contributed by atoms with Gasteiger partial charge in [-0.15, -0.1) is 0 Å². The van der Waals surface area contributed by atoms with E-state index in [-0.39, 0.29) is 0 Å². The smallest absolute Gasteiger partial charge is 0.326 e. The number of aliphatic carboxylic acids is 2. The van der Waals surface area contributed by atoms with E-state index in [0.29, 0.717) is 6.42 Å². The van der Waals surface area contributed by atoms with Crippen LogP contribution in [0.15, 0.2) is 0 Å². The van der Waals surface area contributed by atoms with Crippen molar-refractivity contribution in [3.8, 4) is 0 Å². The zero-order valence-corrected chi connectivity index (χ0v) is 9.61. The fourth-order valence-corrected chi connectivity index (χ4v) is 0.889. The maximum atomic E-state index is 11.6. The van der Waals surface area contributed by atoms with Crippen LogP contribution in [0, 0.1) is 5.41 Å². The summed E-state index contributed by atoms with van der Waals surface area (Å²) >= 11 is 0. The predicted molar refractivity (Wildman–Crippen MR) is 55.9 cm³/mol. The summed E-state index contributed by atoms with van der Waals surface area (Å²) in [7, 11) is 0. The van der Waals surface area contributed by atoms with E-state index in [1.807, 2.05) is 0 Å². The molecule has 0 heterocycles. The second-order valence-corrected chi connectivity index (χ2v) is 4.20. The summed E-state index contributed by atoms with van der Waals surface area (Å²) in [5.41, 5.74) is -0.702. The number of carbonyl (C=O) groups excluding carboxylic acids is 1. The summed E-state index contributed by atoms with van der Waals surface area (Å²) in [5, 5.41) is 19.4. The number of hydrogen-bond acceptors (Lipinski definition) is 3. The summed E-state index contributed by atoms with van der Waals surface area (Å²) in [4.78, 5) is 32.7. The zero-order valence-electron chi connectivity index (χ0n) is 9.61. The van der Waals surface area contributed by atoms with Gasteiger partial charge in [0.2, 0.25) is 5.91 Å². The highest BCUT2D eigenvalue weighted by Crippen LogP contribution is 2.19. The van der Waals surface area contributed by atoms with Crippen LogP contribution in [0.3, 0.4) is 0 Å². The molecule has 3 N–H and O–H groups in total. The Morgan fingerprint density at radius 1 is 1.25 bits per heavy atom. The Bertz CT molecular complexity index is 298. The summed E-state index contributed by atoms with van der Waals surface area (Å²) < 4.78 is 0. The van der Waals surface area contributed by atoms with E-state index in [9.17, 15) is 14.4 Å². The molecule has 1 amide bonds. The highest BCUT2D eigenvalue weighted by molar-refractivity contribution is 5.89. The lowest BCUT2D eigenvalue weighted by Gasteiger charge is -2.23. The first-order valence-corrected chi connectivity index (χ1v) is 4.96. The van der Waals surface area contributed by atoms with Gasteiger partial charge >= 0.3 is 11.9 Å². The molecule has 16 heavy (non-hydrogen) atoms. The van der Waals surface area contributed by atoms with Crippen molar-refractivity contribution in [2.45, 2.75) is 39.7 Å². The molecule has 6 heteroatoms. The first-order valence-electron chi connectivity index (χ1n) is 4.96. The maximum absolute atomic E-state index is 11.6. The van der Waals surface area contributed by atoms with Gasteiger partial charge in [0.05, 0.1) is 6.42 Å². The number of carboxylic acids is 2. The van der Waals surface area contributed by atoms with Crippen LogP contribution in [0.2, 0.25) is 0 Å². The minimum absolute atomic E-state index is 0.455. The molecule has 92 valence electrons.